The Morgan fingerprint density at radius 3 is 2.71 bits per heavy atom. The van der Waals surface area contributed by atoms with E-state index in [9.17, 15) is 0 Å². The van der Waals surface area contributed by atoms with Gasteiger partial charge in [-0.2, -0.15) is 0 Å². The third-order valence-corrected chi connectivity index (χ3v) is 3.10. The van der Waals surface area contributed by atoms with Crippen LogP contribution in [-0.4, -0.2) is 37.6 Å². The average molecular weight is 196 g/mol. The summed E-state index contributed by atoms with van der Waals surface area (Å²) >= 11 is 0. The van der Waals surface area contributed by atoms with Crippen LogP contribution in [0.2, 0.25) is 0 Å². The van der Waals surface area contributed by atoms with Crippen LogP contribution >= 0.6 is 0 Å². The van der Waals surface area contributed by atoms with Crippen LogP contribution in [0.3, 0.4) is 0 Å². The van der Waals surface area contributed by atoms with Gasteiger partial charge >= 0.3 is 0 Å². The molecule has 1 atom stereocenters. The molecule has 0 heterocycles. The van der Waals surface area contributed by atoms with E-state index in [2.05, 4.69) is 37.7 Å². The Balaban J connectivity index is 2.17. The van der Waals surface area contributed by atoms with Crippen molar-refractivity contribution >= 4 is 0 Å². The van der Waals surface area contributed by atoms with Gasteiger partial charge in [-0.05, 0) is 44.8 Å². The highest BCUT2D eigenvalue weighted by Gasteiger charge is 2.30. The summed E-state index contributed by atoms with van der Waals surface area (Å²) in [5.41, 5.74) is 1.29. The minimum Gasteiger partial charge on any atom is -0.313 e. The topological polar surface area (TPSA) is 15.3 Å². The summed E-state index contributed by atoms with van der Waals surface area (Å²) in [4.78, 5) is 2.43. The van der Waals surface area contributed by atoms with Gasteiger partial charge in [0.15, 0.2) is 0 Å². The molecular weight excluding hydrogens is 172 g/mol. The van der Waals surface area contributed by atoms with Gasteiger partial charge in [-0.1, -0.05) is 13.5 Å². The third-order valence-electron chi connectivity index (χ3n) is 3.10. The molecule has 0 aromatic carbocycles. The van der Waals surface area contributed by atoms with Crippen LogP contribution in [0.1, 0.15) is 26.7 Å². The third kappa shape index (κ3) is 3.81. The van der Waals surface area contributed by atoms with Gasteiger partial charge in [0.1, 0.15) is 0 Å². The zero-order chi connectivity index (χ0) is 10.6. The monoisotopic (exact) mass is 196 g/mol. The largest absolute Gasteiger partial charge is 0.313 e. The van der Waals surface area contributed by atoms with Gasteiger partial charge in [-0.25, -0.2) is 0 Å². The lowest BCUT2D eigenvalue weighted by molar-refractivity contribution is 0.252. The summed E-state index contributed by atoms with van der Waals surface area (Å²) in [5.74, 6) is 0.951. The van der Waals surface area contributed by atoms with E-state index in [1.807, 2.05) is 0 Å². The first-order valence-electron chi connectivity index (χ1n) is 5.72. The van der Waals surface area contributed by atoms with Crippen LogP contribution in [0.25, 0.3) is 0 Å². The quantitative estimate of drug-likeness (QED) is 0.625. The van der Waals surface area contributed by atoms with E-state index >= 15 is 0 Å². The molecule has 1 saturated carbocycles. The number of nitrogens with zero attached hydrogens (tertiary/aromatic N) is 1. The maximum Gasteiger partial charge on any atom is 0.0202 e. The molecule has 1 aliphatic carbocycles. The minimum atomic E-state index is 0.730. The Labute approximate surface area is 88.4 Å². The van der Waals surface area contributed by atoms with Crippen molar-refractivity contribution in [1.29, 1.82) is 0 Å². The van der Waals surface area contributed by atoms with Crippen LogP contribution in [0.4, 0.5) is 0 Å². The van der Waals surface area contributed by atoms with Gasteiger partial charge in [0, 0.05) is 19.1 Å². The molecule has 0 spiro atoms. The first kappa shape index (κ1) is 11.7. The van der Waals surface area contributed by atoms with Gasteiger partial charge < -0.3 is 5.32 Å². The number of rotatable bonds is 7. The Bertz CT molecular complexity index is 185. The molecule has 0 aromatic heterocycles. The van der Waals surface area contributed by atoms with Crippen molar-refractivity contribution in [2.24, 2.45) is 5.92 Å². The summed E-state index contributed by atoms with van der Waals surface area (Å²) in [6, 6.07) is 0.730. The number of hydrogen-bond donors (Lipinski definition) is 1. The molecule has 1 unspecified atom stereocenters. The van der Waals surface area contributed by atoms with Crippen molar-refractivity contribution < 1.29 is 0 Å². The van der Waals surface area contributed by atoms with Crippen LogP contribution in [-0.2, 0) is 0 Å². The maximum atomic E-state index is 4.09. The zero-order valence-corrected chi connectivity index (χ0v) is 9.84. The summed E-state index contributed by atoms with van der Waals surface area (Å²) in [6.07, 6.45) is 2.84. The molecule has 0 aliphatic heterocycles. The number of nitrogens with one attached hydrogen (secondary N) is 1. The number of hydrogen-bond acceptors (Lipinski definition) is 2. The highest BCUT2D eigenvalue weighted by molar-refractivity contribution is 5.00. The minimum absolute atomic E-state index is 0.730. The lowest BCUT2D eigenvalue weighted by Crippen LogP contribution is -2.34. The van der Waals surface area contributed by atoms with Crippen molar-refractivity contribution in [2.75, 3.05) is 26.7 Å². The van der Waals surface area contributed by atoms with E-state index < -0.39 is 0 Å². The SMILES string of the molecule is C=C(CNCC)CN(C)C(C)C1CC1. The summed E-state index contributed by atoms with van der Waals surface area (Å²) < 4.78 is 0. The predicted molar refractivity (Wildman–Crippen MR) is 62.5 cm³/mol. The fraction of sp³-hybridized carbons (Fsp3) is 0.833. The predicted octanol–water partition coefficient (Wildman–Crippen LogP) is 1.88. The van der Waals surface area contributed by atoms with E-state index in [-0.39, 0.29) is 0 Å². The lowest BCUT2D eigenvalue weighted by atomic mass is 10.1. The first-order chi connectivity index (χ1) is 6.65. The van der Waals surface area contributed by atoms with Crippen LogP contribution in [0.5, 0.6) is 0 Å². The van der Waals surface area contributed by atoms with Gasteiger partial charge in [0.2, 0.25) is 0 Å². The molecule has 1 N–H and O–H groups in total. The van der Waals surface area contributed by atoms with E-state index in [0.717, 1.165) is 31.6 Å². The normalized spacial score (nSPS) is 18.6. The van der Waals surface area contributed by atoms with Crippen molar-refractivity contribution in [3.63, 3.8) is 0 Å². The highest BCUT2D eigenvalue weighted by Crippen LogP contribution is 2.34. The Morgan fingerprint density at radius 2 is 2.21 bits per heavy atom. The molecule has 1 fully saturated rings. The van der Waals surface area contributed by atoms with Crippen molar-refractivity contribution in [3.8, 4) is 0 Å². The van der Waals surface area contributed by atoms with Crippen molar-refractivity contribution in [1.82, 2.24) is 10.2 Å². The fourth-order valence-corrected chi connectivity index (χ4v) is 1.79. The second-order valence-electron chi connectivity index (χ2n) is 4.52. The van der Waals surface area contributed by atoms with Gasteiger partial charge in [0.05, 0.1) is 0 Å². The molecule has 1 aliphatic rings. The summed E-state index contributed by atoms with van der Waals surface area (Å²) in [7, 11) is 2.21. The van der Waals surface area contributed by atoms with Crippen LogP contribution in [0.15, 0.2) is 12.2 Å². The first-order valence-corrected chi connectivity index (χ1v) is 5.72. The highest BCUT2D eigenvalue weighted by atomic mass is 15.1. The molecule has 0 radical (unpaired) electrons. The molecule has 82 valence electrons. The summed E-state index contributed by atoms with van der Waals surface area (Å²) in [6.45, 7) is 11.6. The van der Waals surface area contributed by atoms with E-state index in [4.69, 9.17) is 0 Å². The van der Waals surface area contributed by atoms with Gasteiger partial charge in [-0.15, -0.1) is 0 Å². The van der Waals surface area contributed by atoms with E-state index in [1.165, 1.54) is 18.4 Å². The Hall–Kier alpha value is -0.340. The van der Waals surface area contributed by atoms with E-state index in [0.29, 0.717) is 0 Å². The standard InChI is InChI=1S/C12H24N2/c1-5-13-8-10(2)9-14(4)11(3)12-6-7-12/h11-13H,2,5-9H2,1,3-4H3. The van der Waals surface area contributed by atoms with Crippen LogP contribution in [0, 0.1) is 5.92 Å². The van der Waals surface area contributed by atoms with Crippen molar-refractivity contribution in [3.05, 3.63) is 12.2 Å². The van der Waals surface area contributed by atoms with Gasteiger partial charge in [-0.3, -0.25) is 4.90 Å². The van der Waals surface area contributed by atoms with E-state index in [1.54, 1.807) is 0 Å². The smallest absolute Gasteiger partial charge is 0.0202 e. The average Bonchev–Trinajstić information content (AvgIpc) is 2.96. The second-order valence-corrected chi connectivity index (χ2v) is 4.52. The Morgan fingerprint density at radius 1 is 1.57 bits per heavy atom. The molecule has 14 heavy (non-hydrogen) atoms. The molecule has 2 nitrogen and oxygen atoms in total. The zero-order valence-electron chi connectivity index (χ0n) is 9.84. The second kappa shape index (κ2) is 5.52. The van der Waals surface area contributed by atoms with Gasteiger partial charge in [0.25, 0.3) is 0 Å². The molecule has 0 bridgehead atoms. The number of likely N-dealkylation sites (N-methyl/N-ethyl adjacent to an activating group) is 2. The molecule has 0 aromatic rings. The maximum absolute atomic E-state index is 4.09. The molecule has 0 amide bonds. The molecular formula is C12H24N2. The Kier molecular flexibility index (Phi) is 4.63. The lowest BCUT2D eigenvalue weighted by Gasteiger charge is -2.25. The molecule has 0 saturated heterocycles. The van der Waals surface area contributed by atoms with Crippen molar-refractivity contribution in [2.45, 2.75) is 32.7 Å². The molecule has 1 rings (SSSR count). The molecule has 2 heteroatoms. The van der Waals surface area contributed by atoms with Crippen LogP contribution < -0.4 is 5.32 Å². The fourth-order valence-electron chi connectivity index (χ4n) is 1.79. The summed E-state index contributed by atoms with van der Waals surface area (Å²) in [5, 5.41) is 3.31.